The molecule has 1 atom stereocenters. The quantitative estimate of drug-likeness (QED) is 0.748. The van der Waals surface area contributed by atoms with Gasteiger partial charge in [-0.25, -0.2) is 4.79 Å². The lowest BCUT2D eigenvalue weighted by Gasteiger charge is -2.02. The van der Waals surface area contributed by atoms with Gasteiger partial charge in [-0.1, -0.05) is 11.6 Å². The maximum Gasteiger partial charge on any atom is 0.345 e. The van der Waals surface area contributed by atoms with Gasteiger partial charge < -0.3 is 9.84 Å². The number of aliphatic carboxylic acids is 1. The first-order chi connectivity index (χ1) is 6.16. The fourth-order valence-corrected chi connectivity index (χ4v) is 1.55. The predicted octanol–water partition coefficient (Wildman–Crippen LogP) is 1.73. The Morgan fingerprint density at radius 3 is 3.08 bits per heavy atom. The van der Waals surface area contributed by atoms with Crippen LogP contribution in [0, 0.1) is 0 Å². The van der Waals surface area contributed by atoms with Crippen molar-refractivity contribution < 1.29 is 14.6 Å². The highest BCUT2D eigenvalue weighted by Crippen LogP contribution is 2.30. The minimum atomic E-state index is -0.938. The molecule has 0 spiro atoms. The lowest BCUT2D eigenvalue weighted by molar-refractivity contribution is -0.144. The van der Waals surface area contributed by atoms with E-state index in [2.05, 4.69) is 0 Å². The van der Waals surface area contributed by atoms with E-state index in [4.69, 9.17) is 21.4 Å². The van der Waals surface area contributed by atoms with Gasteiger partial charge in [-0.15, -0.1) is 0 Å². The number of hydrogen-bond donors (Lipinski definition) is 1. The topological polar surface area (TPSA) is 46.5 Å². The number of carboxylic acid groups (broad SMARTS) is 1. The number of ether oxygens (including phenoxy) is 1. The molecule has 0 saturated carbocycles. The number of rotatable bonds is 1. The molecule has 13 heavy (non-hydrogen) atoms. The van der Waals surface area contributed by atoms with Crippen molar-refractivity contribution in [3.63, 3.8) is 0 Å². The summed E-state index contributed by atoms with van der Waals surface area (Å²) in [5.41, 5.74) is 0.861. The van der Waals surface area contributed by atoms with E-state index in [1.54, 1.807) is 18.2 Å². The normalized spacial score (nSPS) is 19.3. The summed E-state index contributed by atoms with van der Waals surface area (Å²) in [5.74, 6) is -0.316. The zero-order valence-corrected chi connectivity index (χ0v) is 7.41. The standard InChI is InChI=1S/C9H7ClO3/c10-6-1-2-7-5(3-6)4-8(13-7)9(11)12/h1-3,8H,4H2,(H,11,12)/t8-/m0/s1. The van der Waals surface area contributed by atoms with Crippen molar-refractivity contribution in [2.24, 2.45) is 0 Å². The summed E-state index contributed by atoms with van der Waals surface area (Å²) in [6.07, 6.45) is -0.362. The highest BCUT2D eigenvalue weighted by molar-refractivity contribution is 6.30. The number of carboxylic acids is 1. The van der Waals surface area contributed by atoms with Crippen molar-refractivity contribution in [1.29, 1.82) is 0 Å². The molecule has 0 aromatic heterocycles. The van der Waals surface area contributed by atoms with E-state index in [0.717, 1.165) is 5.56 Å². The van der Waals surface area contributed by atoms with Crippen LogP contribution in [0.1, 0.15) is 5.56 Å². The smallest absolute Gasteiger partial charge is 0.345 e. The fraction of sp³-hybridized carbons (Fsp3) is 0.222. The summed E-state index contributed by atoms with van der Waals surface area (Å²) in [5, 5.41) is 9.30. The van der Waals surface area contributed by atoms with Gasteiger partial charge >= 0.3 is 5.97 Å². The molecule has 0 saturated heterocycles. The zero-order valence-electron chi connectivity index (χ0n) is 6.66. The second-order valence-electron chi connectivity index (χ2n) is 2.90. The van der Waals surface area contributed by atoms with Crippen LogP contribution >= 0.6 is 11.6 Å². The zero-order chi connectivity index (χ0) is 9.42. The Labute approximate surface area is 79.9 Å². The molecule has 0 amide bonds. The van der Waals surface area contributed by atoms with Crippen LogP contribution in [0.25, 0.3) is 0 Å². The van der Waals surface area contributed by atoms with Crippen LogP contribution in [-0.4, -0.2) is 17.2 Å². The second-order valence-corrected chi connectivity index (χ2v) is 3.34. The molecule has 0 fully saturated rings. The first-order valence-corrected chi connectivity index (χ1v) is 4.22. The van der Waals surface area contributed by atoms with Gasteiger partial charge in [0.05, 0.1) is 0 Å². The molecule has 0 radical (unpaired) electrons. The third-order valence-electron chi connectivity index (χ3n) is 1.97. The van der Waals surface area contributed by atoms with Crippen molar-refractivity contribution in [1.82, 2.24) is 0 Å². The average Bonchev–Trinajstić information content (AvgIpc) is 2.46. The number of carbonyl (C=O) groups is 1. The van der Waals surface area contributed by atoms with Crippen LogP contribution in [0.2, 0.25) is 5.02 Å². The lowest BCUT2D eigenvalue weighted by Crippen LogP contribution is -2.24. The van der Waals surface area contributed by atoms with Gasteiger partial charge in [-0.3, -0.25) is 0 Å². The van der Waals surface area contributed by atoms with Crippen molar-refractivity contribution in [3.8, 4) is 5.75 Å². The molecular weight excluding hydrogens is 192 g/mol. The molecule has 1 N–H and O–H groups in total. The minimum Gasteiger partial charge on any atom is -0.478 e. The van der Waals surface area contributed by atoms with E-state index in [-0.39, 0.29) is 0 Å². The molecule has 1 aromatic carbocycles. The Morgan fingerprint density at radius 2 is 2.38 bits per heavy atom. The number of halogens is 1. The summed E-state index contributed by atoms with van der Waals surface area (Å²) in [7, 11) is 0. The number of fused-ring (bicyclic) bond motifs is 1. The molecule has 1 heterocycles. The Morgan fingerprint density at radius 1 is 1.62 bits per heavy atom. The Kier molecular flexibility index (Phi) is 1.88. The first-order valence-electron chi connectivity index (χ1n) is 3.85. The molecular formula is C9H7ClO3. The second kappa shape index (κ2) is 2.92. The maximum atomic E-state index is 10.6. The molecule has 2 rings (SSSR count). The summed E-state index contributed by atoms with van der Waals surface area (Å²) in [6, 6.07) is 5.12. The Balaban J connectivity index is 2.30. The molecule has 1 aromatic rings. The van der Waals surface area contributed by atoms with Crippen LogP contribution in [0.5, 0.6) is 5.75 Å². The summed E-state index contributed by atoms with van der Waals surface area (Å²) in [4.78, 5) is 10.6. The maximum absolute atomic E-state index is 10.6. The highest BCUT2D eigenvalue weighted by Gasteiger charge is 2.28. The van der Waals surface area contributed by atoms with Gasteiger partial charge in [-0.2, -0.15) is 0 Å². The average molecular weight is 199 g/mol. The van der Waals surface area contributed by atoms with E-state index in [0.29, 0.717) is 17.2 Å². The molecule has 1 aliphatic rings. The van der Waals surface area contributed by atoms with Gasteiger partial charge in [0.1, 0.15) is 5.75 Å². The number of benzene rings is 1. The number of hydrogen-bond acceptors (Lipinski definition) is 2. The molecule has 0 aliphatic carbocycles. The first kappa shape index (κ1) is 8.38. The summed E-state index contributed by atoms with van der Waals surface area (Å²) in [6.45, 7) is 0. The van der Waals surface area contributed by atoms with Crippen molar-refractivity contribution in [3.05, 3.63) is 28.8 Å². The third kappa shape index (κ3) is 1.47. The van der Waals surface area contributed by atoms with Crippen LogP contribution in [-0.2, 0) is 11.2 Å². The molecule has 0 bridgehead atoms. The lowest BCUT2D eigenvalue weighted by atomic mass is 10.1. The van der Waals surface area contributed by atoms with E-state index < -0.39 is 12.1 Å². The molecule has 1 aliphatic heterocycles. The Bertz CT molecular complexity index is 362. The van der Waals surface area contributed by atoms with E-state index >= 15 is 0 Å². The molecule has 0 unspecified atom stereocenters. The van der Waals surface area contributed by atoms with Gasteiger partial charge in [0.2, 0.25) is 0 Å². The fourth-order valence-electron chi connectivity index (χ4n) is 1.35. The van der Waals surface area contributed by atoms with Crippen LogP contribution in [0.4, 0.5) is 0 Å². The van der Waals surface area contributed by atoms with E-state index in [9.17, 15) is 4.79 Å². The van der Waals surface area contributed by atoms with Crippen molar-refractivity contribution in [2.75, 3.05) is 0 Å². The van der Waals surface area contributed by atoms with Crippen LogP contribution < -0.4 is 4.74 Å². The van der Waals surface area contributed by atoms with Gasteiger partial charge in [0, 0.05) is 11.4 Å². The summed E-state index contributed by atoms with van der Waals surface area (Å²) >= 11 is 5.75. The highest BCUT2D eigenvalue weighted by atomic mass is 35.5. The van der Waals surface area contributed by atoms with Crippen LogP contribution in [0.15, 0.2) is 18.2 Å². The van der Waals surface area contributed by atoms with Crippen molar-refractivity contribution in [2.45, 2.75) is 12.5 Å². The minimum absolute atomic E-state index is 0.394. The third-order valence-corrected chi connectivity index (χ3v) is 2.21. The molecule has 68 valence electrons. The van der Waals surface area contributed by atoms with E-state index in [1.807, 2.05) is 0 Å². The summed E-state index contributed by atoms with van der Waals surface area (Å²) < 4.78 is 5.17. The monoisotopic (exact) mass is 198 g/mol. The largest absolute Gasteiger partial charge is 0.478 e. The predicted molar refractivity (Wildman–Crippen MR) is 47.2 cm³/mol. The van der Waals surface area contributed by atoms with Crippen molar-refractivity contribution >= 4 is 17.6 Å². The van der Waals surface area contributed by atoms with Crippen LogP contribution in [0.3, 0.4) is 0 Å². The SMILES string of the molecule is O=C(O)[C@@H]1Cc2cc(Cl)ccc2O1. The van der Waals surface area contributed by atoms with Gasteiger partial charge in [0.25, 0.3) is 0 Å². The Hall–Kier alpha value is -1.22. The van der Waals surface area contributed by atoms with Gasteiger partial charge in [-0.05, 0) is 23.8 Å². The van der Waals surface area contributed by atoms with E-state index in [1.165, 1.54) is 0 Å². The van der Waals surface area contributed by atoms with Gasteiger partial charge in [0.15, 0.2) is 6.10 Å². The molecule has 3 nitrogen and oxygen atoms in total. The molecule has 4 heteroatoms.